The highest BCUT2D eigenvalue weighted by atomic mass is 16.6. The van der Waals surface area contributed by atoms with Gasteiger partial charge in [0.1, 0.15) is 6.04 Å². The van der Waals surface area contributed by atoms with Crippen molar-refractivity contribution in [3.05, 3.63) is 39.9 Å². The lowest BCUT2D eigenvalue weighted by atomic mass is 10.1. The third-order valence-electron chi connectivity index (χ3n) is 1.71. The van der Waals surface area contributed by atoms with Crippen molar-refractivity contribution in [2.24, 2.45) is 5.73 Å². The third kappa shape index (κ3) is 2.05. The fraction of sp³-hybridized carbons (Fsp3) is 0.125. The van der Waals surface area contributed by atoms with Gasteiger partial charge in [0.15, 0.2) is 0 Å². The molecule has 0 aliphatic heterocycles. The molecule has 0 heterocycles. The van der Waals surface area contributed by atoms with E-state index in [-0.39, 0.29) is 11.3 Å². The molecule has 0 radical (unpaired) electrons. The monoisotopic (exact) mass is 196 g/mol. The van der Waals surface area contributed by atoms with Gasteiger partial charge >= 0.3 is 5.97 Å². The van der Waals surface area contributed by atoms with Crippen LogP contribution in [-0.4, -0.2) is 16.0 Å². The zero-order valence-electron chi connectivity index (χ0n) is 7.08. The van der Waals surface area contributed by atoms with E-state index in [0.29, 0.717) is 0 Å². The van der Waals surface area contributed by atoms with E-state index in [1.54, 1.807) is 0 Å². The van der Waals surface area contributed by atoms with Crippen LogP contribution in [0.4, 0.5) is 5.69 Å². The van der Waals surface area contributed by atoms with Gasteiger partial charge in [0, 0.05) is 12.1 Å². The Morgan fingerprint density at radius 1 is 1.57 bits per heavy atom. The number of nitrogens with zero attached hydrogens (tertiary/aromatic N) is 1. The Bertz CT molecular complexity index is 377. The van der Waals surface area contributed by atoms with E-state index in [4.69, 9.17) is 10.8 Å². The summed E-state index contributed by atoms with van der Waals surface area (Å²) < 4.78 is 0. The Hall–Kier alpha value is -1.95. The first-order chi connectivity index (χ1) is 6.52. The number of carboxylic acid groups (broad SMARTS) is 1. The number of aliphatic carboxylic acids is 1. The highest BCUT2D eigenvalue weighted by molar-refractivity contribution is 5.75. The summed E-state index contributed by atoms with van der Waals surface area (Å²) in [5, 5.41) is 18.9. The molecule has 0 amide bonds. The summed E-state index contributed by atoms with van der Waals surface area (Å²) in [7, 11) is 0. The first kappa shape index (κ1) is 10.1. The standard InChI is InChI=1S/C8H8N2O4/c9-7(8(11)12)5-2-1-3-6(4-5)10(13)14/h1-4,7H,9H2,(H,11,12)/t7-/m1/s1. The largest absolute Gasteiger partial charge is 0.480 e. The van der Waals surface area contributed by atoms with Gasteiger partial charge in [-0.3, -0.25) is 14.9 Å². The molecule has 0 saturated heterocycles. The van der Waals surface area contributed by atoms with Gasteiger partial charge in [0.2, 0.25) is 0 Å². The molecular weight excluding hydrogens is 188 g/mol. The quantitative estimate of drug-likeness (QED) is 0.546. The fourth-order valence-electron chi connectivity index (χ4n) is 0.974. The first-order valence-electron chi connectivity index (χ1n) is 3.75. The molecule has 3 N–H and O–H groups in total. The number of hydrogen-bond donors (Lipinski definition) is 2. The minimum absolute atomic E-state index is 0.167. The predicted molar refractivity (Wildman–Crippen MR) is 47.7 cm³/mol. The van der Waals surface area contributed by atoms with Crippen LogP contribution in [0, 0.1) is 10.1 Å². The molecule has 14 heavy (non-hydrogen) atoms. The van der Waals surface area contributed by atoms with Gasteiger partial charge in [-0.2, -0.15) is 0 Å². The highest BCUT2D eigenvalue weighted by Crippen LogP contribution is 2.17. The first-order valence-corrected chi connectivity index (χ1v) is 3.75. The lowest BCUT2D eigenvalue weighted by Gasteiger charge is -2.05. The van der Waals surface area contributed by atoms with Crippen molar-refractivity contribution < 1.29 is 14.8 Å². The van der Waals surface area contributed by atoms with Crippen LogP contribution in [0.2, 0.25) is 0 Å². The highest BCUT2D eigenvalue weighted by Gasteiger charge is 2.16. The molecular formula is C8H8N2O4. The number of rotatable bonds is 3. The van der Waals surface area contributed by atoms with E-state index >= 15 is 0 Å². The summed E-state index contributed by atoms with van der Waals surface area (Å²) in [4.78, 5) is 20.2. The third-order valence-corrected chi connectivity index (χ3v) is 1.71. The molecule has 0 saturated carbocycles. The Labute approximate surface area is 79.1 Å². The summed E-state index contributed by atoms with van der Waals surface area (Å²) in [6.07, 6.45) is 0. The Morgan fingerprint density at radius 2 is 2.21 bits per heavy atom. The molecule has 0 bridgehead atoms. The maximum absolute atomic E-state index is 10.5. The van der Waals surface area contributed by atoms with E-state index in [2.05, 4.69) is 0 Å². The fourth-order valence-corrected chi connectivity index (χ4v) is 0.974. The molecule has 6 heteroatoms. The molecule has 0 unspecified atom stereocenters. The van der Waals surface area contributed by atoms with Crippen LogP contribution < -0.4 is 5.73 Å². The second-order valence-electron chi connectivity index (χ2n) is 2.67. The van der Waals surface area contributed by atoms with Crippen molar-refractivity contribution in [2.45, 2.75) is 6.04 Å². The van der Waals surface area contributed by atoms with E-state index in [1.165, 1.54) is 18.2 Å². The minimum atomic E-state index is -1.23. The van der Waals surface area contributed by atoms with Crippen LogP contribution in [-0.2, 0) is 4.79 Å². The second kappa shape index (κ2) is 3.84. The topological polar surface area (TPSA) is 106 Å². The normalized spacial score (nSPS) is 12.1. The van der Waals surface area contributed by atoms with Gasteiger partial charge in [-0.25, -0.2) is 0 Å². The van der Waals surface area contributed by atoms with Gasteiger partial charge < -0.3 is 10.8 Å². The van der Waals surface area contributed by atoms with E-state index < -0.39 is 16.9 Å². The van der Waals surface area contributed by atoms with E-state index in [1.807, 2.05) is 0 Å². The molecule has 1 rings (SSSR count). The summed E-state index contributed by atoms with van der Waals surface area (Å²) in [6.45, 7) is 0. The average Bonchev–Trinajstić information content (AvgIpc) is 2.16. The molecule has 0 fully saturated rings. The summed E-state index contributed by atoms with van der Waals surface area (Å²) in [5.74, 6) is -1.22. The molecule has 0 aliphatic rings. The number of carbonyl (C=O) groups is 1. The van der Waals surface area contributed by atoms with E-state index in [9.17, 15) is 14.9 Å². The Kier molecular flexibility index (Phi) is 2.78. The van der Waals surface area contributed by atoms with Gasteiger partial charge in [0.25, 0.3) is 5.69 Å². The number of non-ortho nitro benzene ring substituents is 1. The summed E-state index contributed by atoms with van der Waals surface area (Å²) in [5.41, 5.74) is 5.33. The number of nitrogens with two attached hydrogens (primary N) is 1. The number of carboxylic acids is 1. The van der Waals surface area contributed by atoms with Crippen molar-refractivity contribution >= 4 is 11.7 Å². The Balaban J connectivity index is 3.05. The van der Waals surface area contributed by atoms with Crippen LogP contribution >= 0.6 is 0 Å². The average molecular weight is 196 g/mol. The SMILES string of the molecule is N[C@@H](C(=O)O)c1cccc([N+](=O)[O-])c1. The molecule has 0 aromatic heterocycles. The zero-order chi connectivity index (χ0) is 10.7. The molecule has 74 valence electrons. The van der Waals surface area contributed by atoms with Crippen molar-refractivity contribution in [2.75, 3.05) is 0 Å². The maximum atomic E-state index is 10.5. The summed E-state index contributed by atoms with van der Waals surface area (Å²) in [6, 6.07) is 4.04. The molecule has 1 aromatic carbocycles. The van der Waals surface area contributed by atoms with Gasteiger partial charge in [-0.05, 0) is 5.56 Å². The molecule has 1 atom stereocenters. The van der Waals surface area contributed by atoms with Crippen LogP contribution in [0.15, 0.2) is 24.3 Å². The lowest BCUT2D eigenvalue weighted by molar-refractivity contribution is -0.384. The smallest absolute Gasteiger partial charge is 0.325 e. The second-order valence-corrected chi connectivity index (χ2v) is 2.67. The lowest BCUT2D eigenvalue weighted by Crippen LogP contribution is -2.20. The van der Waals surface area contributed by atoms with E-state index in [0.717, 1.165) is 6.07 Å². The number of hydrogen-bond acceptors (Lipinski definition) is 4. The van der Waals surface area contributed by atoms with Crippen LogP contribution in [0.1, 0.15) is 11.6 Å². The Morgan fingerprint density at radius 3 is 2.71 bits per heavy atom. The van der Waals surface area contributed by atoms with Crippen LogP contribution in [0.25, 0.3) is 0 Å². The molecule has 0 spiro atoms. The van der Waals surface area contributed by atoms with Gasteiger partial charge in [-0.15, -0.1) is 0 Å². The molecule has 6 nitrogen and oxygen atoms in total. The number of benzene rings is 1. The van der Waals surface area contributed by atoms with Crippen molar-refractivity contribution in [1.82, 2.24) is 0 Å². The van der Waals surface area contributed by atoms with Crippen molar-refractivity contribution in [1.29, 1.82) is 0 Å². The van der Waals surface area contributed by atoms with Crippen molar-refractivity contribution in [3.8, 4) is 0 Å². The molecule has 0 aliphatic carbocycles. The van der Waals surface area contributed by atoms with Gasteiger partial charge in [-0.1, -0.05) is 12.1 Å². The maximum Gasteiger partial charge on any atom is 0.325 e. The van der Waals surface area contributed by atoms with Crippen LogP contribution in [0.5, 0.6) is 0 Å². The number of nitro groups is 1. The number of nitro benzene ring substituents is 1. The van der Waals surface area contributed by atoms with Crippen LogP contribution in [0.3, 0.4) is 0 Å². The van der Waals surface area contributed by atoms with Crippen molar-refractivity contribution in [3.63, 3.8) is 0 Å². The zero-order valence-corrected chi connectivity index (χ0v) is 7.08. The minimum Gasteiger partial charge on any atom is -0.480 e. The molecule has 1 aromatic rings. The van der Waals surface area contributed by atoms with Gasteiger partial charge in [0.05, 0.1) is 4.92 Å². The summed E-state index contributed by atoms with van der Waals surface area (Å²) >= 11 is 0. The predicted octanol–water partition coefficient (Wildman–Crippen LogP) is 0.679.